The number of benzene rings is 1. The minimum absolute atomic E-state index is 0.00284. The lowest BCUT2D eigenvalue weighted by Crippen LogP contribution is -2.38. The maximum absolute atomic E-state index is 12.2. The Hall–Kier alpha value is -2.76. The summed E-state index contributed by atoms with van der Waals surface area (Å²) >= 11 is 0. The minimum atomic E-state index is -0.265. The summed E-state index contributed by atoms with van der Waals surface area (Å²) in [4.78, 5) is 23.6. The number of aryl methyl sites for hydroxylation is 1. The summed E-state index contributed by atoms with van der Waals surface area (Å²) in [6.45, 7) is 5.65. The maximum atomic E-state index is 12.2. The van der Waals surface area contributed by atoms with Crippen molar-refractivity contribution in [3.63, 3.8) is 0 Å². The highest BCUT2D eigenvalue weighted by molar-refractivity contribution is 5.99. The number of carbonyl (C=O) groups excluding carboxylic acids is 2. The van der Waals surface area contributed by atoms with Crippen molar-refractivity contribution in [3.8, 4) is 0 Å². The van der Waals surface area contributed by atoms with Gasteiger partial charge < -0.3 is 20.4 Å². The molecule has 6 nitrogen and oxygen atoms in total. The Kier molecular flexibility index (Phi) is 4.29. The molecule has 0 spiro atoms. The Morgan fingerprint density at radius 2 is 1.92 bits per heavy atom. The number of rotatable bonds is 4. The largest absolute Gasteiger partial charge is 0.464 e. The fourth-order valence-corrected chi connectivity index (χ4v) is 2.79. The molecule has 3 amide bonds. The first kappa shape index (κ1) is 16.1. The standard InChI is InChI=1S/C18H21N3O3/c1-10-4-7-16(24-10)12(3)20-18(23)19-11(2)13-5-6-15-14(8-13)9-17(22)21-15/h4-8,11-12H,9H2,1-3H3,(H,21,22)(H2,19,20,23)/t11-,12-/m1/s1. The molecule has 0 saturated carbocycles. The summed E-state index contributed by atoms with van der Waals surface area (Å²) in [6.07, 6.45) is 0.386. The molecule has 1 aromatic heterocycles. The van der Waals surface area contributed by atoms with Crippen LogP contribution in [0.2, 0.25) is 0 Å². The summed E-state index contributed by atoms with van der Waals surface area (Å²) in [5, 5.41) is 8.57. The van der Waals surface area contributed by atoms with E-state index in [0.717, 1.165) is 28.3 Å². The van der Waals surface area contributed by atoms with Gasteiger partial charge in [-0.05, 0) is 50.1 Å². The van der Waals surface area contributed by atoms with Gasteiger partial charge in [0.2, 0.25) is 5.91 Å². The van der Waals surface area contributed by atoms with E-state index < -0.39 is 0 Å². The Morgan fingerprint density at radius 3 is 2.62 bits per heavy atom. The second kappa shape index (κ2) is 6.39. The van der Waals surface area contributed by atoms with Crippen LogP contribution in [0, 0.1) is 6.92 Å². The maximum Gasteiger partial charge on any atom is 0.315 e. The van der Waals surface area contributed by atoms with Gasteiger partial charge in [-0.3, -0.25) is 4.79 Å². The molecule has 0 radical (unpaired) electrons. The topological polar surface area (TPSA) is 83.4 Å². The average molecular weight is 327 g/mol. The van der Waals surface area contributed by atoms with Crippen molar-refractivity contribution in [1.82, 2.24) is 10.6 Å². The van der Waals surface area contributed by atoms with Crippen LogP contribution in [-0.2, 0) is 11.2 Å². The quantitative estimate of drug-likeness (QED) is 0.806. The third-order valence-electron chi connectivity index (χ3n) is 4.14. The highest BCUT2D eigenvalue weighted by atomic mass is 16.3. The summed E-state index contributed by atoms with van der Waals surface area (Å²) in [7, 11) is 0. The van der Waals surface area contributed by atoms with Gasteiger partial charge in [-0.1, -0.05) is 12.1 Å². The van der Waals surface area contributed by atoms with Gasteiger partial charge in [0, 0.05) is 5.69 Å². The first-order valence-corrected chi connectivity index (χ1v) is 7.98. The Balaban J connectivity index is 1.60. The zero-order valence-electron chi connectivity index (χ0n) is 14.0. The normalized spacial score (nSPS) is 15.4. The second-order valence-electron chi connectivity index (χ2n) is 6.15. The predicted octanol–water partition coefficient (Wildman–Crippen LogP) is 3.20. The van der Waals surface area contributed by atoms with Crippen molar-refractivity contribution in [2.45, 2.75) is 39.3 Å². The van der Waals surface area contributed by atoms with E-state index >= 15 is 0 Å². The molecule has 2 atom stereocenters. The molecule has 6 heteroatoms. The van der Waals surface area contributed by atoms with Gasteiger partial charge in [-0.15, -0.1) is 0 Å². The van der Waals surface area contributed by atoms with E-state index in [1.807, 2.05) is 51.1 Å². The molecule has 0 saturated heterocycles. The molecule has 1 aliphatic rings. The highest BCUT2D eigenvalue weighted by Gasteiger charge is 2.20. The number of furan rings is 1. The summed E-state index contributed by atoms with van der Waals surface area (Å²) < 4.78 is 5.51. The highest BCUT2D eigenvalue weighted by Crippen LogP contribution is 2.26. The Bertz CT molecular complexity index is 782. The molecule has 3 rings (SSSR count). The van der Waals surface area contributed by atoms with Crippen LogP contribution in [0.3, 0.4) is 0 Å². The zero-order chi connectivity index (χ0) is 17.3. The minimum Gasteiger partial charge on any atom is -0.464 e. The van der Waals surface area contributed by atoms with Crippen LogP contribution >= 0.6 is 0 Å². The number of hydrogen-bond donors (Lipinski definition) is 3. The van der Waals surface area contributed by atoms with E-state index in [1.54, 1.807) is 0 Å². The van der Waals surface area contributed by atoms with E-state index in [4.69, 9.17) is 4.42 Å². The molecule has 3 N–H and O–H groups in total. The molecular weight excluding hydrogens is 306 g/mol. The number of nitrogens with one attached hydrogen (secondary N) is 3. The molecule has 0 unspecified atom stereocenters. The first-order chi connectivity index (χ1) is 11.4. The molecule has 0 bridgehead atoms. The number of hydrogen-bond acceptors (Lipinski definition) is 3. The molecule has 1 aliphatic heterocycles. The Morgan fingerprint density at radius 1 is 1.17 bits per heavy atom. The number of carbonyl (C=O) groups is 2. The van der Waals surface area contributed by atoms with Crippen LogP contribution < -0.4 is 16.0 Å². The molecule has 2 heterocycles. The van der Waals surface area contributed by atoms with Crippen LogP contribution in [0.4, 0.5) is 10.5 Å². The third-order valence-corrected chi connectivity index (χ3v) is 4.14. The van der Waals surface area contributed by atoms with Crippen molar-refractivity contribution in [2.75, 3.05) is 5.32 Å². The number of amides is 3. The van der Waals surface area contributed by atoms with Crippen LogP contribution in [-0.4, -0.2) is 11.9 Å². The summed E-state index contributed by atoms with van der Waals surface area (Å²) in [5.74, 6) is 1.54. The van der Waals surface area contributed by atoms with Crippen LogP contribution in [0.5, 0.6) is 0 Å². The molecule has 0 fully saturated rings. The fraction of sp³-hybridized carbons (Fsp3) is 0.333. The van der Waals surface area contributed by atoms with Crippen molar-refractivity contribution in [1.29, 1.82) is 0 Å². The van der Waals surface area contributed by atoms with Gasteiger partial charge in [0.1, 0.15) is 11.5 Å². The van der Waals surface area contributed by atoms with Crippen molar-refractivity contribution < 1.29 is 14.0 Å². The van der Waals surface area contributed by atoms with Gasteiger partial charge in [-0.25, -0.2) is 4.79 Å². The summed E-state index contributed by atoms with van der Waals surface area (Å²) in [5.41, 5.74) is 2.77. The van der Waals surface area contributed by atoms with Gasteiger partial charge in [0.15, 0.2) is 0 Å². The number of anilines is 1. The first-order valence-electron chi connectivity index (χ1n) is 7.98. The zero-order valence-corrected chi connectivity index (χ0v) is 14.0. The number of urea groups is 1. The van der Waals surface area contributed by atoms with E-state index in [2.05, 4.69) is 16.0 Å². The SMILES string of the molecule is Cc1ccc([C@@H](C)NC(=O)N[C@H](C)c2ccc3c(c2)CC(=O)N3)o1. The van der Waals surface area contributed by atoms with E-state index in [1.165, 1.54) is 0 Å². The van der Waals surface area contributed by atoms with Crippen molar-refractivity contribution in [3.05, 3.63) is 53.0 Å². The molecule has 126 valence electrons. The molecule has 24 heavy (non-hydrogen) atoms. The lowest BCUT2D eigenvalue weighted by atomic mass is 10.0. The smallest absolute Gasteiger partial charge is 0.315 e. The van der Waals surface area contributed by atoms with E-state index in [-0.39, 0.29) is 24.0 Å². The lowest BCUT2D eigenvalue weighted by molar-refractivity contribution is -0.115. The van der Waals surface area contributed by atoms with Crippen LogP contribution in [0.15, 0.2) is 34.7 Å². The van der Waals surface area contributed by atoms with Crippen LogP contribution in [0.25, 0.3) is 0 Å². The van der Waals surface area contributed by atoms with Gasteiger partial charge >= 0.3 is 6.03 Å². The molecule has 0 aliphatic carbocycles. The van der Waals surface area contributed by atoms with Crippen LogP contribution in [0.1, 0.15) is 48.6 Å². The molecule has 1 aromatic carbocycles. The van der Waals surface area contributed by atoms with Gasteiger partial charge in [0.25, 0.3) is 0 Å². The number of fused-ring (bicyclic) bond motifs is 1. The third kappa shape index (κ3) is 3.42. The lowest BCUT2D eigenvalue weighted by Gasteiger charge is -2.18. The van der Waals surface area contributed by atoms with Crippen molar-refractivity contribution in [2.24, 2.45) is 0 Å². The average Bonchev–Trinajstić information content (AvgIpc) is 3.10. The molecule has 2 aromatic rings. The fourth-order valence-electron chi connectivity index (χ4n) is 2.79. The van der Waals surface area contributed by atoms with Gasteiger partial charge in [0.05, 0.1) is 18.5 Å². The monoisotopic (exact) mass is 327 g/mol. The Labute approximate surface area is 140 Å². The molecular formula is C18H21N3O3. The van der Waals surface area contributed by atoms with Crippen molar-refractivity contribution >= 4 is 17.6 Å². The van der Waals surface area contributed by atoms with E-state index in [0.29, 0.717) is 6.42 Å². The summed E-state index contributed by atoms with van der Waals surface area (Å²) in [6, 6.07) is 8.82. The second-order valence-corrected chi connectivity index (χ2v) is 6.15. The van der Waals surface area contributed by atoms with Gasteiger partial charge in [-0.2, -0.15) is 0 Å². The van der Waals surface area contributed by atoms with E-state index in [9.17, 15) is 9.59 Å². The predicted molar refractivity (Wildman–Crippen MR) is 90.7 cm³/mol.